The molecule has 0 aliphatic heterocycles. The van der Waals surface area contributed by atoms with Crippen molar-refractivity contribution in [1.82, 2.24) is 0 Å². The normalized spacial score (nSPS) is 35.9. The van der Waals surface area contributed by atoms with E-state index in [1.54, 1.807) is 0 Å². The summed E-state index contributed by atoms with van der Waals surface area (Å²) in [6.45, 7) is 1.34. The van der Waals surface area contributed by atoms with Gasteiger partial charge in [-0.1, -0.05) is 0 Å². The number of alkyl halides is 3. The monoisotopic (exact) mass is 504 g/mol. The molecule has 11 heteroatoms. The minimum atomic E-state index is -4.94. The first-order valence-electron chi connectivity index (χ1n) is 11.5. The van der Waals surface area contributed by atoms with Crippen molar-refractivity contribution in [3.63, 3.8) is 0 Å². The van der Waals surface area contributed by atoms with Crippen molar-refractivity contribution in [2.45, 2.75) is 51.0 Å². The van der Waals surface area contributed by atoms with Crippen LogP contribution in [0.3, 0.4) is 0 Å². The number of esters is 1. The fourth-order valence-electron chi connectivity index (χ4n) is 7.48. The van der Waals surface area contributed by atoms with Crippen LogP contribution in [-0.4, -0.2) is 43.3 Å². The van der Waals surface area contributed by atoms with Crippen molar-refractivity contribution in [3.05, 3.63) is 23.8 Å². The van der Waals surface area contributed by atoms with Crippen molar-refractivity contribution in [2.24, 2.45) is 35.5 Å². The van der Waals surface area contributed by atoms with E-state index in [9.17, 15) is 26.4 Å². The minimum Gasteiger partial charge on any atom is -0.483 e. The van der Waals surface area contributed by atoms with Gasteiger partial charge in [-0.15, -0.1) is 13.2 Å². The third-order valence-corrected chi connectivity index (χ3v) is 9.07. The van der Waals surface area contributed by atoms with Crippen LogP contribution >= 0.6 is 0 Å². The van der Waals surface area contributed by atoms with E-state index in [0.29, 0.717) is 23.7 Å². The van der Waals surface area contributed by atoms with Crippen LogP contribution in [0, 0.1) is 35.5 Å². The molecule has 0 saturated heterocycles. The highest BCUT2D eigenvalue weighted by molar-refractivity contribution is 7.85. The summed E-state index contributed by atoms with van der Waals surface area (Å²) in [6.07, 6.45) is 0.533. The van der Waals surface area contributed by atoms with E-state index < -0.39 is 46.2 Å². The van der Waals surface area contributed by atoms with Gasteiger partial charge in [0.05, 0.1) is 5.56 Å². The van der Waals surface area contributed by atoms with Crippen molar-refractivity contribution in [3.8, 4) is 11.5 Å². The molecular formula is C23H27F3O7S. The van der Waals surface area contributed by atoms with E-state index in [4.69, 9.17) is 14.0 Å². The van der Waals surface area contributed by atoms with Crippen LogP contribution < -0.4 is 9.47 Å². The SMILES string of the molecule is CC1(Oc2cc(C(=O)OCCS(=O)(=O)O)ccc2OC(F)(F)F)CC2CC1C1C3CCC(C3)C21. The number of hydrogen-bond acceptors (Lipinski definition) is 6. The van der Waals surface area contributed by atoms with Gasteiger partial charge in [-0.2, -0.15) is 8.42 Å². The van der Waals surface area contributed by atoms with Gasteiger partial charge in [-0.25, -0.2) is 4.79 Å². The third-order valence-electron chi connectivity index (χ3n) is 8.39. The highest BCUT2D eigenvalue weighted by Gasteiger charge is 2.66. The fourth-order valence-corrected chi connectivity index (χ4v) is 7.77. The Kier molecular flexibility index (Phi) is 5.59. The largest absolute Gasteiger partial charge is 0.573 e. The van der Waals surface area contributed by atoms with Gasteiger partial charge in [0, 0.05) is 5.92 Å². The molecule has 0 radical (unpaired) electrons. The number of hydrogen-bond donors (Lipinski definition) is 1. The molecule has 4 saturated carbocycles. The lowest BCUT2D eigenvalue weighted by Crippen LogP contribution is -2.46. The molecule has 1 N–H and O–H groups in total. The van der Waals surface area contributed by atoms with Crippen molar-refractivity contribution in [2.75, 3.05) is 12.4 Å². The molecule has 0 spiro atoms. The van der Waals surface area contributed by atoms with Gasteiger partial charge >= 0.3 is 12.3 Å². The molecule has 0 aromatic heterocycles. The zero-order valence-electron chi connectivity index (χ0n) is 18.6. The van der Waals surface area contributed by atoms with Crippen molar-refractivity contribution < 1.29 is 45.1 Å². The predicted molar refractivity (Wildman–Crippen MR) is 113 cm³/mol. The lowest BCUT2D eigenvalue weighted by Gasteiger charge is -2.44. The number of ether oxygens (including phenoxy) is 3. The molecule has 4 aliphatic carbocycles. The highest BCUT2D eigenvalue weighted by Crippen LogP contribution is 2.70. The molecule has 1 aromatic rings. The Morgan fingerprint density at radius 3 is 2.50 bits per heavy atom. The summed E-state index contributed by atoms with van der Waals surface area (Å²) >= 11 is 0. The maximum Gasteiger partial charge on any atom is 0.573 e. The lowest BCUT2D eigenvalue weighted by atomic mass is 9.66. The predicted octanol–water partition coefficient (Wildman–Crippen LogP) is 4.47. The Hall–Kier alpha value is -2.01. The van der Waals surface area contributed by atoms with Gasteiger partial charge in [-0.05, 0) is 86.8 Å². The molecule has 0 amide bonds. The van der Waals surface area contributed by atoms with Crippen LogP contribution in [0.5, 0.6) is 11.5 Å². The maximum atomic E-state index is 13.0. The smallest absolute Gasteiger partial charge is 0.483 e. The van der Waals surface area contributed by atoms with Gasteiger partial charge in [0.15, 0.2) is 11.5 Å². The van der Waals surface area contributed by atoms with Crippen LogP contribution in [-0.2, 0) is 14.9 Å². The van der Waals surface area contributed by atoms with Crippen LogP contribution in [0.4, 0.5) is 13.2 Å². The lowest BCUT2D eigenvalue weighted by molar-refractivity contribution is -0.275. The summed E-state index contributed by atoms with van der Waals surface area (Å²) in [5.41, 5.74) is -0.780. The summed E-state index contributed by atoms with van der Waals surface area (Å²) in [7, 11) is -4.32. The molecule has 7 atom stereocenters. The molecule has 7 unspecified atom stereocenters. The molecule has 4 aliphatic rings. The molecular weight excluding hydrogens is 477 g/mol. The van der Waals surface area contributed by atoms with Crippen molar-refractivity contribution in [1.29, 1.82) is 0 Å². The first-order valence-corrected chi connectivity index (χ1v) is 13.1. The minimum absolute atomic E-state index is 0.107. The first-order chi connectivity index (χ1) is 15.8. The van der Waals surface area contributed by atoms with Gasteiger partial charge in [0.2, 0.25) is 0 Å². The molecule has 4 fully saturated rings. The Balaban J connectivity index is 1.38. The zero-order valence-corrected chi connectivity index (χ0v) is 19.4. The number of carbonyl (C=O) groups excluding carboxylic acids is 1. The summed E-state index contributed by atoms with van der Waals surface area (Å²) in [5.74, 6) is 0.896. The van der Waals surface area contributed by atoms with Crippen molar-refractivity contribution >= 4 is 16.1 Å². The number of halogens is 3. The van der Waals surface area contributed by atoms with E-state index >= 15 is 0 Å². The van der Waals surface area contributed by atoms with Crippen LogP contribution in [0.1, 0.15) is 49.4 Å². The number of fused-ring (bicyclic) bond motifs is 9. The van der Waals surface area contributed by atoms with E-state index in [2.05, 4.69) is 4.74 Å². The van der Waals surface area contributed by atoms with E-state index in [1.165, 1.54) is 19.3 Å². The maximum absolute atomic E-state index is 13.0. The quantitative estimate of drug-likeness (QED) is 0.332. The molecule has 188 valence electrons. The van der Waals surface area contributed by atoms with E-state index in [-0.39, 0.29) is 17.2 Å². The highest BCUT2D eigenvalue weighted by atomic mass is 32.2. The molecule has 5 rings (SSSR count). The fraction of sp³-hybridized carbons (Fsp3) is 0.696. The molecule has 0 heterocycles. The summed E-state index contributed by atoms with van der Waals surface area (Å²) in [4.78, 5) is 12.3. The zero-order chi connectivity index (χ0) is 24.5. The second-order valence-electron chi connectivity index (χ2n) is 10.3. The molecule has 4 bridgehead atoms. The average Bonchev–Trinajstić information content (AvgIpc) is 3.46. The first kappa shape index (κ1) is 23.7. The average molecular weight is 505 g/mol. The van der Waals surface area contributed by atoms with E-state index in [0.717, 1.165) is 37.0 Å². The molecule has 7 nitrogen and oxygen atoms in total. The van der Waals surface area contributed by atoms with Gasteiger partial charge in [-0.3, -0.25) is 4.55 Å². The Morgan fingerprint density at radius 1 is 1.12 bits per heavy atom. The molecule has 34 heavy (non-hydrogen) atoms. The van der Waals surface area contributed by atoms with Gasteiger partial charge in [0.25, 0.3) is 10.1 Å². The summed E-state index contributed by atoms with van der Waals surface area (Å²) in [5, 5.41) is 0. The van der Waals surface area contributed by atoms with Crippen LogP contribution in [0.2, 0.25) is 0 Å². The Morgan fingerprint density at radius 2 is 1.82 bits per heavy atom. The van der Waals surface area contributed by atoms with Crippen LogP contribution in [0.25, 0.3) is 0 Å². The standard InChI is InChI=1S/C23H27F3O7S/c1-22(11-15-9-16(22)20-13-3-2-12(8-13)19(15)20)32-18-10-14(4-5-17(18)33-23(24,25)26)21(27)31-6-7-34(28,29)30/h4-5,10,12-13,15-16,19-20H,2-3,6-9,11H2,1H3,(H,28,29,30). The summed E-state index contributed by atoms with van der Waals surface area (Å²) < 4.78 is 84.8. The number of benzene rings is 1. The Bertz CT molecular complexity index is 1090. The number of rotatable bonds is 7. The van der Waals surface area contributed by atoms with E-state index in [1.807, 2.05) is 6.92 Å². The summed E-state index contributed by atoms with van der Waals surface area (Å²) in [6, 6.07) is 3.24. The molecule has 1 aromatic carbocycles. The third kappa shape index (κ3) is 4.36. The number of carbonyl (C=O) groups is 1. The Labute approximate surface area is 195 Å². The second-order valence-corrected chi connectivity index (χ2v) is 11.9. The topological polar surface area (TPSA) is 99.1 Å². The van der Waals surface area contributed by atoms with Crippen LogP contribution in [0.15, 0.2) is 18.2 Å². The van der Waals surface area contributed by atoms with Gasteiger partial charge in [0.1, 0.15) is 18.0 Å². The second kappa shape index (κ2) is 8.01. The van der Waals surface area contributed by atoms with Gasteiger partial charge < -0.3 is 14.2 Å².